The molecule has 0 atom stereocenters. The first-order chi connectivity index (χ1) is 13.3. The van der Waals surface area contributed by atoms with Gasteiger partial charge in [0.15, 0.2) is 13.2 Å². The van der Waals surface area contributed by atoms with Crippen molar-refractivity contribution in [3.63, 3.8) is 0 Å². The van der Waals surface area contributed by atoms with Gasteiger partial charge < -0.3 is 24.1 Å². The van der Waals surface area contributed by atoms with Crippen LogP contribution in [-0.2, 0) is 9.59 Å². The first-order valence-corrected chi connectivity index (χ1v) is 8.21. The minimum atomic E-state index is -1.10. The van der Waals surface area contributed by atoms with Gasteiger partial charge in [0.25, 0.3) is 0 Å². The lowest BCUT2D eigenvalue weighted by Crippen LogP contribution is -2.11. The molecule has 0 saturated heterocycles. The number of aryl methyl sites for hydroxylation is 1. The van der Waals surface area contributed by atoms with Gasteiger partial charge in [-0.3, -0.25) is 4.79 Å². The Balaban J connectivity index is 1.94. The quantitative estimate of drug-likeness (QED) is 0.637. The number of hydrogen-bond donors (Lipinski definition) is 2. The molecule has 1 heterocycles. The summed E-state index contributed by atoms with van der Waals surface area (Å²) >= 11 is 0. The fourth-order valence-corrected chi connectivity index (χ4v) is 2.64. The zero-order chi connectivity index (χ0) is 20.3. The molecule has 0 spiro atoms. The molecule has 8 heteroatoms. The molecule has 0 fully saturated rings. The van der Waals surface area contributed by atoms with Crippen LogP contribution in [0.4, 0.5) is 0 Å². The van der Waals surface area contributed by atoms with E-state index >= 15 is 0 Å². The number of carboxylic acid groups (broad SMARTS) is 2. The van der Waals surface area contributed by atoms with Crippen molar-refractivity contribution >= 4 is 22.9 Å². The second-order valence-electron chi connectivity index (χ2n) is 5.98. The minimum absolute atomic E-state index is 0.256. The van der Waals surface area contributed by atoms with E-state index in [4.69, 9.17) is 24.1 Å². The molecule has 0 radical (unpaired) electrons. The van der Waals surface area contributed by atoms with Crippen LogP contribution in [0.3, 0.4) is 0 Å². The standard InChI is InChI=1S/C20H16O8/c1-11-6-14-17(7-16(11)28-10-19(23)24)27-8-15(20(14)25)12-2-4-13(5-3-12)26-9-18(21)22/h2-8H,9-10H2,1H3,(H,21,22)(H,23,24). The molecule has 0 aliphatic rings. The molecular weight excluding hydrogens is 368 g/mol. The molecule has 2 aromatic carbocycles. The van der Waals surface area contributed by atoms with Gasteiger partial charge in [0.2, 0.25) is 5.43 Å². The number of benzene rings is 2. The lowest BCUT2D eigenvalue weighted by molar-refractivity contribution is -0.140. The molecule has 0 bridgehead atoms. The maximum atomic E-state index is 12.9. The van der Waals surface area contributed by atoms with Crippen molar-refractivity contribution in [2.45, 2.75) is 6.92 Å². The fraction of sp³-hybridized carbons (Fsp3) is 0.150. The predicted octanol–water partition coefficient (Wildman–Crippen LogP) is 2.70. The van der Waals surface area contributed by atoms with Gasteiger partial charge >= 0.3 is 11.9 Å². The highest BCUT2D eigenvalue weighted by atomic mass is 16.5. The van der Waals surface area contributed by atoms with Crippen LogP contribution in [0.5, 0.6) is 11.5 Å². The van der Waals surface area contributed by atoms with E-state index < -0.39 is 25.2 Å². The van der Waals surface area contributed by atoms with Crippen molar-refractivity contribution in [1.29, 1.82) is 0 Å². The lowest BCUT2D eigenvalue weighted by Gasteiger charge is -2.09. The molecule has 0 aliphatic carbocycles. The Morgan fingerprint density at radius 2 is 1.64 bits per heavy atom. The third kappa shape index (κ3) is 4.12. The summed E-state index contributed by atoms with van der Waals surface area (Å²) in [5.41, 5.74) is 1.54. The van der Waals surface area contributed by atoms with Crippen molar-refractivity contribution in [3.8, 4) is 22.6 Å². The van der Waals surface area contributed by atoms with Gasteiger partial charge in [-0.05, 0) is 36.2 Å². The highest BCUT2D eigenvalue weighted by Crippen LogP contribution is 2.27. The van der Waals surface area contributed by atoms with E-state index in [9.17, 15) is 14.4 Å². The van der Waals surface area contributed by atoms with Crippen molar-refractivity contribution < 1.29 is 33.7 Å². The summed E-state index contributed by atoms with van der Waals surface area (Å²) in [5.74, 6) is -1.49. The zero-order valence-corrected chi connectivity index (χ0v) is 14.8. The maximum Gasteiger partial charge on any atom is 0.341 e. The van der Waals surface area contributed by atoms with Crippen LogP contribution in [-0.4, -0.2) is 35.4 Å². The Hall–Kier alpha value is -3.81. The van der Waals surface area contributed by atoms with E-state index in [1.54, 1.807) is 37.3 Å². The van der Waals surface area contributed by atoms with Crippen molar-refractivity contribution in [3.05, 3.63) is 58.4 Å². The number of ether oxygens (including phenoxy) is 2. The van der Waals surface area contributed by atoms with E-state index in [0.29, 0.717) is 33.6 Å². The van der Waals surface area contributed by atoms with Crippen molar-refractivity contribution in [1.82, 2.24) is 0 Å². The van der Waals surface area contributed by atoms with Gasteiger partial charge in [-0.1, -0.05) is 12.1 Å². The van der Waals surface area contributed by atoms with Gasteiger partial charge in [-0.25, -0.2) is 9.59 Å². The lowest BCUT2D eigenvalue weighted by atomic mass is 10.0. The first kappa shape index (κ1) is 19.0. The molecule has 3 aromatic rings. The second kappa shape index (κ2) is 7.83. The average Bonchev–Trinajstić information content (AvgIpc) is 2.66. The molecular formula is C20H16O8. The van der Waals surface area contributed by atoms with Crippen LogP contribution in [0, 0.1) is 6.92 Å². The van der Waals surface area contributed by atoms with E-state index in [-0.39, 0.29) is 11.0 Å². The SMILES string of the molecule is Cc1cc2c(=O)c(-c3ccc(OCC(=O)O)cc3)coc2cc1OCC(=O)O. The van der Waals surface area contributed by atoms with Crippen LogP contribution in [0.25, 0.3) is 22.1 Å². The Labute approximate surface area is 158 Å². The average molecular weight is 384 g/mol. The van der Waals surface area contributed by atoms with Gasteiger partial charge in [0.1, 0.15) is 23.3 Å². The normalized spacial score (nSPS) is 10.6. The highest BCUT2D eigenvalue weighted by Gasteiger charge is 2.13. The van der Waals surface area contributed by atoms with Gasteiger partial charge in [-0.15, -0.1) is 0 Å². The van der Waals surface area contributed by atoms with E-state index in [0.717, 1.165) is 0 Å². The van der Waals surface area contributed by atoms with Gasteiger partial charge in [0, 0.05) is 6.07 Å². The predicted molar refractivity (Wildman–Crippen MR) is 98.9 cm³/mol. The largest absolute Gasteiger partial charge is 0.482 e. The molecule has 8 nitrogen and oxygen atoms in total. The number of carbonyl (C=O) groups is 2. The molecule has 28 heavy (non-hydrogen) atoms. The van der Waals surface area contributed by atoms with Gasteiger partial charge in [0.05, 0.1) is 10.9 Å². The van der Waals surface area contributed by atoms with Crippen molar-refractivity contribution in [2.24, 2.45) is 0 Å². The zero-order valence-electron chi connectivity index (χ0n) is 14.8. The monoisotopic (exact) mass is 384 g/mol. The summed E-state index contributed by atoms with van der Waals surface area (Å²) < 4.78 is 15.8. The number of rotatable bonds is 7. The summed E-state index contributed by atoms with van der Waals surface area (Å²) in [5, 5.41) is 17.7. The third-order valence-corrected chi connectivity index (χ3v) is 3.95. The van der Waals surface area contributed by atoms with Crippen LogP contribution in [0.15, 0.2) is 51.9 Å². The van der Waals surface area contributed by atoms with E-state index in [1.807, 2.05) is 0 Å². The Morgan fingerprint density at radius 3 is 2.29 bits per heavy atom. The number of fused-ring (bicyclic) bond motifs is 1. The van der Waals surface area contributed by atoms with Gasteiger partial charge in [-0.2, -0.15) is 0 Å². The topological polar surface area (TPSA) is 123 Å². The number of hydrogen-bond acceptors (Lipinski definition) is 6. The molecule has 0 amide bonds. The molecule has 1 aromatic heterocycles. The summed E-state index contributed by atoms with van der Waals surface area (Å²) in [6.45, 7) is 0.755. The Bertz CT molecular complexity index is 1100. The second-order valence-corrected chi connectivity index (χ2v) is 5.98. The van der Waals surface area contributed by atoms with E-state index in [1.165, 1.54) is 12.3 Å². The first-order valence-electron chi connectivity index (χ1n) is 8.21. The number of aliphatic carboxylic acids is 2. The Morgan fingerprint density at radius 1 is 1.00 bits per heavy atom. The van der Waals surface area contributed by atoms with Crippen LogP contribution in [0.1, 0.15) is 5.56 Å². The molecule has 0 unspecified atom stereocenters. The maximum absolute atomic E-state index is 12.9. The molecule has 2 N–H and O–H groups in total. The number of carboxylic acids is 2. The summed E-state index contributed by atoms with van der Waals surface area (Å²) in [6.07, 6.45) is 1.31. The summed E-state index contributed by atoms with van der Waals surface area (Å²) in [4.78, 5) is 34.1. The molecule has 144 valence electrons. The van der Waals surface area contributed by atoms with E-state index in [2.05, 4.69) is 0 Å². The Kier molecular flexibility index (Phi) is 5.30. The molecule has 3 rings (SSSR count). The van der Waals surface area contributed by atoms with Crippen LogP contribution >= 0.6 is 0 Å². The van der Waals surface area contributed by atoms with Crippen LogP contribution < -0.4 is 14.9 Å². The van der Waals surface area contributed by atoms with Crippen LogP contribution in [0.2, 0.25) is 0 Å². The summed E-state index contributed by atoms with van der Waals surface area (Å²) in [6, 6.07) is 9.47. The smallest absolute Gasteiger partial charge is 0.341 e. The fourth-order valence-electron chi connectivity index (χ4n) is 2.64. The molecule has 0 saturated carbocycles. The van der Waals surface area contributed by atoms with Crippen molar-refractivity contribution in [2.75, 3.05) is 13.2 Å². The summed E-state index contributed by atoms with van der Waals surface area (Å²) in [7, 11) is 0. The molecule has 0 aliphatic heterocycles. The third-order valence-electron chi connectivity index (χ3n) is 3.95. The minimum Gasteiger partial charge on any atom is -0.482 e. The highest BCUT2D eigenvalue weighted by molar-refractivity contribution is 5.84.